The molecule has 2 aromatic rings. The summed E-state index contributed by atoms with van der Waals surface area (Å²) in [6, 6.07) is 3.46. The van der Waals surface area contributed by atoms with Crippen LogP contribution in [-0.2, 0) is 0 Å². The lowest BCUT2D eigenvalue weighted by Crippen LogP contribution is -2.26. The van der Waals surface area contributed by atoms with Crippen LogP contribution in [0.2, 0.25) is 0 Å². The van der Waals surface area contributed by atoms with Crippen LogP contribution in [0.25, 0.3) is 0 Å². The van der Waals surface area contributed by atoms with Crippen LogP contribution in [0, 0.1) is 6.92 Å². The van der Waals surface area contributed by atoms with Crippen LogP contribution in [-0.4, -0.2) is 22.4 Å². The molecule has 0 aromatic carbocycles. The van der Waals surface area contributed by atoms with Crippen molar-refractivity contribution in [2.24, 2.45) is 0 Å². The van der Waals surface area contributed by atoms with E-state index in [9.17, 15) is 4.79 Å². The maximum Gasteiger partial charge on any atom is 0.253 e. The van der Waals surface area contributed by atoms with Gasteiger partial charge in [0.1, 0.15) is 10.8 Å². The Morgan fingerprint density at radius 3 is 2.70 bits per heavy atom. The van der Waals surface area contributed by atoms with Crippen molar-refractivity contribution in [3.8, 4) is 0 Å². The van der Waals surface area contributed by atoms with E-state index < -0.39 is 0 Å². The fraction of sp³-hybridized carbons (Fsp3) is 0.357. The summed E-state index contributed by atoms with van der Waals surface area (Å²) in [4.78, 5) is 21.7. The molecule has 0 aliphatic carbocycles. The number of thiazole rings is 1. The molecule has 2 heterocycles. The number of carbonyl (C=O) groups is 1. The van der Waals surface area contributed by atoms with E-state index in [4.69, 9.17) is 0 Å². The highest BCUT2D eigenvalue weighted by Gasteiger charge is 2.14. The van der Waals surface area contributed by atoms with Crippen LogP contribution in [0.5, 0.6) is 0 Å². The van der Waals surface area contributed by atoms with E-state index in [1.165, 1.54) is 0 Å². The zero-order valence-electron chi connectivity index (χ0n) is 11.8. The molecule has 0 fully saturated rings. The number of aryl methyl sites for hydroxylation is 1. The third-order valence-corrected chi connectivity index (χ3v) is 3.84. The standard InChI is InChI=1S/C14H18N4OS/c1-4-15-12-6-5-11(8-16-12)13(19)18-10(3)14-17-7-9(2)20-14/h5-8,10H,4H2,1-3H3,(H,15,16)(H,18,19). The average Bonchev–Trinajstić information content (AvgIpc) is 2.86. The van der Waals surface area contributed by atoms with Gasteiger partial charge in [-0.05, 0) is 32.9 Å². The molecule has 0 aliphatic heterocycles. The Bertz CT molecular complexity index is 579. The molecule has 1 unspecified atom stereocenters. The second-order valence-electron chi connectivity index (χ2n) is 4.47. The number of aromatic nitrogens is 2. The Morgan fingerprint density at radius 2 is 2.15 bits per heavy atom. The Hall–Kier alpha value is -1.95. The molecule has 0 spiro atoms. The molecule has 20 heavy (non-hydrogen) atoms. The number of hydrogen-bond donors (Lipinski definition) is 2. The van der Waals surface area contributed by atoms with Gasteiger partial charge in [0.05, 0.1) is 11.6 Å². The lowest BCUT2D eigenvalue weighted by Gasteiger charge is -2.11. The molecule has 0 saturated heterocycles. The fourth-order valence-electron chi connectivity index (χ4n) is 1.73. The van der Waals surface area contributed by atoms with Crippen LogP contribution in [0.3, 0.4) is 0 Å². The van der Waals surface area contributed by atoms with E-state index in [1.54, 1.807) is 29.7 Å². The van der Waals surface area contributed by atoms with Crippen LogP contribution < -0.4 is 10.6 Å². The van der Waals surface area contributed by atoms with Gasteiger partial charge in [0.15, 0.2) is 0 Å². The molecule has 0 aliphatic rings. The van der Waals surface area contributed by atoms with Crippen molar-refractivity contribution in [1.82, 2.24) is 15.3 Å². The quantitative estimate of drug-likeness (QED) is 0.888. The van der Waals surface area contributed by atoms with Gasteiger partial charge in [0, 0.05) is 23.8 Å². The van der Waals surface area contributed by atoms with E-state index in [1.807, 2.05) is 27.0 Å². The number of hydrogen-bond acceptors (Lipinski definition) is 5. The third kappa shape index (κ3) is 3.54. The van der Waals surface area contributed by atoms with E-state index in [-0.39, 0.29) is 11.9 Å². The minimum absolute atomic E-state index is 0.102. The van der Waals surface area contributed by atoms with Crippen molar-refractivity contribution in [2.75, 3.05) is 11.9 Å². The minimum atomic E-state index is -0.138. The monoisotopic (exact) mass is 290 g/mol. The average molecular weight is 290 g/mol. The van der Waals surface area contributed by atoms with Crippen LogP contribution >= 0.6 is 11.3 Å². The van der Waals surface area contributed by atoms with Crippen LogP contribution in [0.15, 0.2) is 24.5 Å². The first-order valence-electron chi connectivity index (χ1n) is 6.53. The maximum atomic E-state index is 12.1. The smallest absolute Gasteiger partial charge is 0.253 e. The van der Waals surface area contributed by atoms with Gasteiger partial charge in [0.25, 0.3) is 5.91 Å². The molecule has 2 N–H and O–H groups in total. The second-order valence-corrected chi connectivity index (χ2v) is 5.73. The van der Waals surface area contributed by atoms with E-state index >= 15 is 0 Å². The van der Waals surface area contributed by atoms with Crippen molar-refractivity contribution < 1.29 is 4.79 Å². The first-order valence-corrected chi connectivity index (χ1v) is 7.35. The maximum absolute atomic E-state index is 12.1. The van der Waals surface area contributed by atoms with Crippen molar-refractivity contribution in [3.05, 3.63) is 40.0 Å². The number of nitrogens with one attached hydrogen (secondary N) is 2. The number of pyridine rings is 1. The summed E-state index contributed by atoms with van der Waals surface area (Å²) in [5.74, 6) is 0.633. The summed E-state index contributed by atoms with van der Waals surface area (Å²) in [6.07, 6.45) is 3.39. The SMILES string of the molecule is CCNc1ccc(C(=O)NC(C)c2ncc(C)s2)cn1. The zero-order valence-corrected chi connectivity index (χ0v) is 12.6. The Balaban J connectivity index is 2.00. The van der Waals surface area contributed by atoms with Gasteiger partial charge < -0.3 is 10.6 Å². The highest BCUT2D eigenvalue weighted by Crippen LogP contribution is 2.19. The molecule has 2 rings (SSSR count). The van der Waals surface area contributed by atoms with Crippen molar-refractivity contribution in [2.45, 2.75) is 26.8 Å². The third-order valence-electron chi connectivity index (χ3n) is 2.74. The topological polar surface area (TPSA) is 66.9 Å². The summed E-state index contributed by atoms with van der Waals surface area (Å²) >= 11 is 1.59. The lowest BCUT2D eigenvalue weighted by molar-refractivity contribution is 0.0939. The van der Waals surface area contributed by atoms with Gasteiger partial charge in [-0.2, -0.15) is 0 Å². The second kappa shape index (κ2) is 6.47. The Labute approximate surface area is 122 Å². The van der Waals surface area contributed by atoms with Crippen molar-refractivity contribution >= 4 is 23.1 Å². The number of amides is 1. The molecule has 1 atom stereocenters. The molecule has 6 heteroatoms. The lowest BCUT2D eigenvalue weighted by atomic mass is 10.2. The molecule has 0 saturated carbocycles. The van der Waals surface area contributed by atoms with Crippen LogP contribution in [0.1, 0.15) is 40.1 Å². The van der Waals surface area contributed by atoms with Crippen LogP contribution in [0.4, 0.5) is 5.82 Å². The van der Waals surface area contributed by atoms with Gasteiger partial charge in [0.2, 0.25) is 0 Å². The number of anilines is 1. The first-order chi connectivity index (χ1) is 9.60. The van der Waals surface area contributed by atoms with Gasteiger partial charge in [-0.3, -0.25) is 4.79 Å². The Kier molecular flexibility index (Phi) is 4.68. The molecule has 5 nitrogen and oxygen atoms in total. The molecular formula is C14H18N4OS. The molecule has 0 radical (unpaired) electrons. The summed E-state index contributed by atoms with van der Waals surface area (Å²) in [6.45, 7) is 6.73. The predicted molar refractivity (Wildman–Crippen MR) is 81.1 cm³/mol. The van der Waals surface area contributed by atoms with Gasteiger partial charge in [-0.1, -0.05) is 0 Å². The van der Waals surface area contributed by atoms with Gasteiger partial charge in [-0.25, -0.2) is 9.97 Å². The normalized spacial score (nSPS) is 11.9. The number of rotatable bonds is 5. The molecular weight excluding hydrogens is 272 g/mol. The summed E-state index contributed by atoms with van der Waals surface area (Å²) in [5, 5.41) is 6.93. The van der Waals surface area contributed by atoms with E-state index in [0.717, 1.165) is 22.2 Å². The van der Waals surface area contributed by atoms with E-state index in [0.29, 0.717) is 5.56 Å². The van der Waals surface area contributed by atoms with E-state index in [2.05, 4.69) is 20.6 Å². The van der Waals surface area contributed by atoms with Gasteiger partial charge in [-0.15, -0.1) is 11.3 Å². The number of nitrogens with zero attached hydrogens (tertiary/aromatic N) is 2. The highest BCUT2D eigenvalue weighted by atomic mass is 32.1. The Morgan fingerprint density at radius 1 is 1.35 bits per heavy atom. The summed E-state index contributed by atoms with van der Waals surface area (Å²) < 4.78 is 0. The van der Waals surface area contributed by atoms with Gasteiger partial charge >= 0.3 is 0 Å². The summed E-state index contributed by atoms with van der Waals surface area (Å²) in [7, 11) is 0. The predicted octanol–water partition coefficient (Wildman–Crippen LogP) is 2.77. The highest BCUT2D eigenvalue weighted by molar-refractivity contribution is 7.11. The molecule has 0 bridgehead atoms. The molecule has 1 amide bonds. The zero-order chi connectivity index (χ0) is 14.5. The summed E-state index contributed by atoms with van der Waals surface area (Å²) in [5.41, 5.74) is 0.548. The van der Waals surface area contributed by atoms with Crippen molar-refractivity contribution in [1.29, 1.82) is 0 Å². The molecule has 106 valence electrons. The first kappa shape index (κ1) is 14.5. The number of carbonyl (C=O) groups excluding carboxylic acids is 1. The molecule has 2 aromatic heterocycles. The largest absolute Gasteiger partial charge is 0.370 e. The fourth-order valence-corrected chi connectivity index (χ4v) is 2.50. The van der Waals surface area contributed by atoms with Crippen molar-refractivity contribution in [3.63, 3.8) is 0 Å². The minimum Gasteiger partial charge on any atom is -0.370 e.